The molecule has 0 aliphatic carbocycles. The Morgan fingerprint density at radius 2 is 0.940 bits per heavy atom. The molecular formula is C45H27N3OS. The SMILES string of the molecule is c1ccc(-c2cccc(-c3ccc(-c4nc(-c5ccc6oc7ccccc7c6c5)nc(-c5cccc6sc7ccccc7c56)n4)cc3)c2)cc1. The fourth-order valence-corrected chi connectivity index (χ4v) is 8.03. The molecule has 234 valence electrons. The summed E-state index contributed by atoms with van der Waals surface area (Å²) in [7, 11) is 0. The number of para-hydroxylation sites is 1. The van der Waals surface area contributed by atoms with Gasteiger partial charge >= 0.3 is 0 Å². The number of furan rings is 1. The molecule has 0 saturated carbocycles. The summed E-state index contributed by atoms with van der Waals surface area (Å²) in [4.78, 5) is 15.4. The van der Waals surface area contributed by atoms with Crippen LogP contribution < -0.4 is 0 Å². The molecule has 10 rings (SSSR count). The number of benzene rings is 7. The molecule has 0 spiro atoms. The third kappa shape index (κ3) is 4.87. The molecule has 50 heavy (non-hydrogen) atoms. The van der Waals surface area contributed by atoms with Crippen LogP contribution in [0.2, 0.25) is 0 Å². The number of hydrogen-bond acceptors (Lipinski definition) is 5. The van der Waals surface area contributed by atoms with E-state index in [1.165, 1.54) is 31.3 Å². The highest BCUT2D eigenvalue weighted by atomic mass is 32.1. The van der Waals surface area contributed by atoms with Crippen molar-refractivity contribution in [1.29, 1.82) is 0 Å². The first-order chi connectivity index (χ1) is 24.7. The zero-order valence-corrected chi connectivity index (χ0v) is 27.6. The lowest BCUT2D eigenvalue weighted by Gasteiger charge is -2.11. The Hall–Kier alpha value is -6.43. The summed E-state index contributed by atoms with van der Waals surface area (Å²) >= 11 is 1.79. The van der Waals surface area contributed by atoms with Gasteiger partial charge in [-0.25, -0.2) is 15.0 Å². The van der Waals surface area contributed by atoms with E-state index in [0.29, 0.717) is 17.5 Å². The van der Waals surface area contributed by atoms with Gasteiger partial charge in [-0.2, -0.15) is 0 Å². The highest BCUT2D eigenvalue weighted by Gasteiger charge is 2.18. The van der Waals surface area contributed by atoms with Crippen LogP contribution in [0.4, 0.5) is 0 Å². The number of nitrogens with zero attached hydrogens (tertiary/aromatic N) is 3. The summed E-state index contributed by atoms with van der Waals surface area (Å²) in [5.41, 5.74) is 9.21. The Labute approximate surface area is 292 Å². The predicted octanol–water partition coefficient (Wildman–Crippen LogP) is 12.5. The zero-order chi connectivity index (χ0) is 33.0. The van der Waals surface area contributed by atoms with Gasteiger partial charge in [-0.05, 0) is 64.7 Å². The third-order valence-corrected chi connectivity index (χ3v) is 10.5. The summed E-state index contributed by atoms with van der Waals surface area (Å²) in [6.45, 7) is 0. The molecule has 3 aromatic heterocycles. The maximum Gasteiger partial charge on any atom is 0.164 e. The second-order valence-electron chi connectivity index (χ2n) is 12.4. The van der Waals surface area contributed by atoms with Crippen LogP contribution in [0.15, 0.2) is 168 Å². The van der Waals surface area contributed by atoms with E-state index < -0.39 is 0 Å². The number of hydrogen-bond donors (Lipinski definition) is 0. The van der Waals surface area contributed by atoms with Gasteiger partial charge in [0, 0.05) is 47.6 Å². The Kier molecular flexibility index (Phi) is 6.64. The Morgan fingerprint density at radius 1 is 0.360 bits per heavy atom. The second kappa shape index (κ2) is 11.6. The summed E-state index contributed by atoms with van der Waals surface area (Å²) in [6, 6.07) is 56.9. The molecule has 0 amide bonds. The molecule has 0 radical (unpaired) electrons. The lowest BCUT2D eigenvalue weighted by molar-refractivity contribution is 0.669. The first-order valence-corrected chi connectivity index (χ1v) is 17.4. The van der Waals surface area contributed by atoms with Gasteiger partial charge in [-0.3, -0.25) is 0 Å². The molecule has 0 aliphatic heterocycles. The van der Waals surface area contributed by atoms with E-state index in [0.717, 1.165) is 49.8 Å². The molecule has 0 bridgehead atoms. The van der Waals surface area contributed by atoms with E-state index in [2.05, 4.69) is 127 Å². The summed E-state index contributed by atoms with van der Waals surface area (Å²) in [5, 5.41) is 4.48. The van der Waals surface area contributed by atoms with Crippen LogP contribution in [0, 0.1) is 0 Å². The molecule has 7 aromatic carbocycles. The van der Waals surface area contributed by atoms with E-state index in [1.54, 1.807) is 11.3 Å². The highest BCUT2D eigenvalue weighted by Crippen LogP contribution is 2.40. The maximum atomic E-state index is 6.14. The molecule has 0 unspecified atom stereocenters. The minimum absolute atomic E-state index is 0.619. The normalized spacial score (nSPS) is 11.6. The minimum Gasteiger partial charge on any atom is -0.456 e. The fraction of sp³-hybridized carbons (Fsp3) is 0. The molecule has 10 aromatic rings. The van der Waals surface area contributed by atoms with Gasteiger partial charge < -0.3 is 4.42 Å². The summed E-state index contributed by atoms with van der Waals surface area (Å²) in [6.07, 6.45) is 0. The van der Waals surface area contributed by atoms with Crippen molar-refractivity contribution in [3.8, 4) is 56.4 Å². The molecule has 4 nitrogen and oxygen atoms in total. The van der Waals surface area contributed by atoms with Gasteiger partial charge in [0.15, 0.2) is 17.5 Å². The van der Waals surface area contributed by atoms with Crippen molar-refractivity contribution in [2.45, 2.75) is 0 Å². The lowest BCUT2D eigenvalue weighted by Crippen LogP contribution is -2.00. The monoisotopic (exact) mass is 657 g/mol. The minimum atomic E-state index is 0.619. The zero-order valence-electron chi connectivity index (χ0n) is 26.7. The molecule has 0 atom stereocenters. The number of rotatable bonds is 5. The van der Waals surface area contributed by atoms with Crippen LogP contribution >= 0.6 is 11.3 Å². The quantitative estimate of drug-likeness (QED) is 0.185. The molecule has 0 fully saturated rings. The van der Waals surface area contributed by atoms with Crippen molar-refractivity contribution in [3.05, 3.63) is 164 Å². The van der Waals surface area contributed by atoms with Crippen molar-refractivity contribution in [2.24, 2.45) is 0 Å². The Bertz CT molecular complexity index is 2870. The van der Waals surface area contributed by atoms with Crippen LogP contribution in [0.3, 0.4) is 0 Å². The Balaban J connectivity index is 1.13. The van der Waals surface area contributed by atoms with Gasteiger partial charge in [0.05, 0.1) is 0 Å². The standard InChI is InChI=1S/C45H27N3OS/c1-2-10-28(11-3-1)31-12-8-13-32(26-31)29-20-22-30(23-21-29)43-46-44(33-24-25-39-37(27-33)34-14-4-6-17-38(34)49-39)48-45(47-43)36-16-9-19-41-42(36)35-15-5-7-18-40(35)50-41/h1-27H. The first kappa shape index (κ1) is 28.6. The van der Waals surface area contributed by atoms with Crippen molar-refractivity contribution >= 4 is 53.4 Å². The van der Waals surface area contributed by atoms with Crippen LogP contribution in [0.5, 0.6) is 0 Å². The van der Waals surface area contributed by atoms with E-state index in [4.69, 9.17) is 19.4 Å². The second-order valence-corrected chi connectivity index (χ2v) is 13.5. The molecule has 0 aliphatic rings. The van der Waals surface area contributed by atoms with Crippen molar-refractivity contribution in [3.63, 3.8) is 0 Å². The average Bonchev–Trinajstić information content (AvgIpc) is 3.76. The molecule has 3 heterocycles. The Morgan fingerprint density at radius 3 is 1.78 bits per heavy atom. The molecule has 0 saturated heterocycles. The molecule has 5 heteroatoms. The van der Waals surface area contributed by atoms with E-state index in [1.807, 2.05) is 36.4 Å². The largest absolute Gasteiger partial charge is 0.456 e. The van der Waals surface area contributed by atoms with Crippen LogP contribution in [0.1, 0.15) is 0 Å². The van der Waals surface area contributed by atoms with Gasteiger partial charge in [0.2, 0.25) is 0 Å². The summed E-state index contributed by atoms with van der Waals surface area (Å²) < 4.78 is 8.59. The van der Waals surface area contributed by atoms with Gasteiger partial charge in [-0.15, -0.1) is 11.3 Å². The van der Waals surface area contributed by atoms with Crippen molar-refractivity contribution < 1.29 is 4.42 Å². The number of thiophene rings is 1. The van der Waals surface area contributed by atoms with Crippen molar-refractivity contribution in [2.75, 3.05) is 0 Å². The van der Waals surface area contributed by atoms with E-state index >= 15 is 0 Å². The summed E-state index contributed by atoms with van der Waals surface area (Å²) in [5.74, 6) is 1.90. The molecular weight excluding hydrogens is 631 g/mol. The number of aromatic nitrogens is 3. The smallest absolute Gasteiger partial charge is 0.164 e. The maximum absolute atomic E-state index is 6.14. The predicted molar refractivity (Wildman–Crippen MR) is 207 cm³/mol. The number of fused-ring (bicyclic) bond motifs is 6. The van der Waals surface area contributed by atoms with Crippen LogP contribution in [-0.4, -0.2) is 15.0 Å². The lowest BCUT2D eigenvalue weighted by atomic mass is 9.98. The van der Waals surface area contributed by atoms with E-state index in [-0.39, 0.29) is 0 Å². The van der Waals surface area contributed by atoms with E-state index in [9.17, 15) is 0 Å². The van der Waals surface area contributed by atoms with Crippen LogP contribution in [0.25, 0.3) is 98.5 Å². The fourth-order valence-electron chi connectivity index (χ4n) is 6.90. The molecule has 0 N–H and O–H groups in total. The van der Waals surface area contributed by atoms with Gasteiger partial charge in [-0.1, -0.05) is 121 Å². The van der Waals surface area contributed by atoms with Gasteiger partial charge in [0.1, 0.15) is 11.2 Å². The van der Waals surface area contributed by atoms with Crippen LogP contribution in [-0.2, 0) is 0 Å². The first-order valence-electron chi connectivity index (χ1n) is 16.6. The van der Waals surface area contributed by atoms with Gasteiger partial charge in [0.25, 0.3) is 0 Å². The average molecular weight is 658 g/mol. The third-order valence-electron chi connectivity index (χ3n) is 9.36. The topological polar surface area (TPSA) is 51.8 Å². The highest BCUT2D eigenvalue weighted by molar-refractivity contribution is 7.25. The van der Waals surface area contributed by atoms with Crippen molar-refractivity contribution in [1.82, 2.24) is 15.0 Å².